The molecule has 0 spiro atoms. The molecular formula is C24H31ClN2O2SSi. The molecule has 1 heterocycles. The van der Waals surface area contributed by atoms with E-state index in [0.717, 1.165) is 27.2 Å². The lowest BCUT2D eigenvalue weighted by Gasteiger charge is -2.36. The molecule has 0 aliphatic rings. The van der Waals surface area contributed by atoms with E-state index < -0.39 is 0 Å². The van der Waals surface area contributed by atoms with Gasteiger partial charge in [0.1, 0.15) is 22.4 Å². The Bertz CT molecular complexity index is 954. The number of H-pyrrole nitrogens is 1. The van der Waals surface area contributed by atoms with Crippen molar-refractivity contribution in [1.29, 1.82) is 0 Å². The summed E-state index contributed by atoms with van der Waals surface area (Å²) < 4.78 is 12.1. The first-order valence-electron chi connectivity index (χ1n) is 10.5. The Morgan fingerprint density at radius 2 is 1.94 bits per heavy atom. The largest absolute Gasteiger partial charge is 0.418 e. The molecule has 0 aliphatic heterocycles. The van der Waals surface area contributed by atoms with Crippen LogP contribution in [0.15, 0.2) is 70.7 Å². The molecule has 0 saturated carbocycles. The van der Waals surface area contributed by atoms with Crippen molar-refractivity contribution in [2.24, 2.45) is 11.3 Å². The van der Waals surface area contributed by atoms with Crippen LogP contribution in [-0.4, -0.2) is 27.1 Å². The van der Waals surface area contributed by atoms with E-state index in [0.29, 0.717) is 29.6 Å². The van der Waals surface area contributed by atoms with Gasteiger partial charge in [0.15, 0.2) is 0 Å². The zero-order valence-corrected chi connectivity index (χ0v) is 22.2. The first-order valence-corrected chi connectivity index (χ1v) is 12.5. The van der Waals surface area contributed by atoms with Gasteiger partial charge < -0.3 is 14.1 Å². The number of rotatable bonds is 11. The third-order valence-electron chi connectivity index (χ3n) is 5.77. The van der Waals surface area contributed by atoms with E-state index in [2.05, 4.69) is 42.9 Å². The third kappa shape index (κ3) is 6.96. The van der Waals surface area contributed by atoms with E-state index in [1.807, 2.05) is 48.7 Å². The number of nitrogens with one attached hydrogen (secondary N) is 1. The van der Waals surface area contributed by atoms with Crippen molar-refractivity contribution in [3.05, 3.63) is 77.2 Å². The minimum Gasteiger partial charge on any atom is -0.418 e. The maximum absolute atomic E-state index is 6.13. The summed E-state index contributed by atoms with van der Waals surface area (Å²) in [5.74, 6) is 1.31. The van der Waals surface area contributed by atoms with Gasteiger partial charge in [0.2, 0.25) is 0 Å². The Morgan fingerprint density at radius 1 is 1.16 bits per heavy atom. The number of halogens is 1. The molecule has 0 fully saturated rings. The Morgan fingerprint density at radius 3 is 2.61 bits per heavy atom. The van der Waals surface area contributed by atoms with Gasteiger partial charge in [-0.1, -0.05) is 80.5 Å². The normalized spacial score (nSPS) is 14.6. The number of ether oxygens (including phenoxy) is 1. The monoisotopic (exact) mass is 474 g/mol. The summed E-state index contributed by atoms with van der Waals surface area (Å²) in [4.78, 5) is 9.14. The highest BCUT2D eigenvalue weighted by Gasteiger charge is 2.33. The zero-order valence-electron chi connectivity index (χ0n) is 18.6. The van der Waals surface area contributed by atoms with Crippen LogP contribution in [-0.2, 0) is 15.8 Å². The molecule has 0 radical (unpaired) electrons. The fraction of sp³-hybridized carbons (Fsp3) is 0.375. The van der Waals surface area contributed by atoms with Gasteiger partial charge in [0, 0.05) is 9.92 Å². The maximum atomic E-state index is 6.13. The molecule has 0 saturated heterocycles. The Balaban J connectivity index is 1.65. The van der Waals surface area contributed by atoms with Crippen LogP contribution in [0, 0.1) is 11.3 Å². The summed E-state index contributed by atoms with van der Waals surface area (Å²) in [6, 6.07) is 18.1. The smallest absolute Gasteiger partial charge is 0.147 e. The molecule has 3 aromatic rings. The summed E-state index contributed by atoms with van der Waals surface area (Å²) in [6.45, 7) is 8.07. The van der Waals surface area contributed by atoms with Crippen LogP contribution < -0.4 is 0 Å². The van der Waals surface area contributed by atoms with Crippen LogP contribution in [0.25, 0.3) is 0 Å². The molecule has 3 rings (SSSR count). The molecular weight excluding hydrogens is 444 g/mol. The number of hydrogen-bond acceptors (Lipinski definition) is 4. The maximum Gasteiger partial charge on any atom is 0.147 e. The average Bonchev–Trinajstić information content (AvgIpc) is 3.21. The summed E-state index contributed by atoms with van der Waals surface area (Å²) in [7, 11) is 0.641. The number of hydrogen-bond donors (Lipinski definition) is 1. The van der Waals surface area contributed by atoms with Gasteiger partial charge in [0.25, 0.3) is 0 Å². The van der Waals surface area contributed by atoms with Crippen molar-refractivity contribution >= 4 is 33.8 Å². The SMILES string of the molecule is CC(C)C(C)(COCc1ccccc1)CC(O[SiH3])c1ncc(Sc2cccc(Cl)c2)[nH]1. The third-order valence-corrected chi connectivity index (χ3v) is 7.50. The highest BCUT2D eigenvalue weighted by atomic mass is 35.5. The van der Waals surface area contributed by atoms with Gasteiger partial charge in [-0.2, -0.15) is 0 Å². The number of aromatic nitrogens is 2. The lowest BCUT2D eigenvalue weighted by atomic mass is 9.75. The van der Waals surface area contributed by atoms with Crippen LogP contribution in [0.5, 0.6) is 0 Å². The van der Waals surface area contributed by atoms with E-state index >= 15 is 0 Å². The lowest BCUT2D eigenvalue weighted by Crippen LogP contribution is -2.32. The fourth-order valence-corrected chi connectivity index (χ4v) is 4.84. The molecule has 0 bridgehead atoms. The highest BCUT2D eigenvalue weighted by Crippen LogP contribution is 2.39. The second-order valence-electron chi connectivity index (χ2n) is 8.41. The molecule has 7 heteroatoms. The number of benzene rings is 2. The topological polar surface area (TPSA) is 47.1 Å². The number of nitrogens with zero attached hydrogens (tertiary/aromatic N) is 1. The predicted octanol–water partition coefficient (Wildman–Crippen LogP) is 5.82. The van der Waals surface area contributed by atoms with Crippen LogP contribution in [0.3, 0.4) is 0 Å². The van der Waals surface area contributed by atoms with E-state index in [4.69, 9.17) is 20.8 Å². The van der Waals surface area contributed by atoms with E-state index in [9.17, 15) is 0 Å². The molecule has 0 aliphatic carbocycles. The standard InChI is InChI=1S/C24H31ClN2O2SSi/c1-17(2)24(3,16-28-15-18-8-5-4-6-9-18)13-21(29-31)23-26-14-22(27-23)30-20-11-7-10-19(25)12-20/h4-12,14,17,21H,13,15-16H2,1-3,31H3,(H,26,27). The average molecular weight is 475 g/mol. The van der Waals surface area contributed by atoms with Gasteiger partial charge >= 0.3 is 0 Å². The van der Waals surface area contributed by atoms with Gasteiger partial charge in [0.05, 0.1) is 24.4 Å². The molecule has 4 nitrogen and oxygen atoms in total. The van der Waals surface area contributed by atoms with Gasteiger partial charge in [-0.15, -0.1) is 0 Å². The number of aromatic amines is 1. The lowest BCUT2D eigenvalue weighted by molar-refractivity contribution is -0.0107. The summed E-state index contributed by atoms with van der Waals surface area (Å²) in [5, 5.41) is 1.71. The Kier molecular flexibility index (Phi) is 8.81. The predicted molar refractivity (Wildman–Crippen MR) is 132 cm³/mol. The summed E-state index contributed by atoms with van der Waals surface area (Å²) in [5.41, 5.74) is 1.16. The van der Waals surface area contributed by atoms with Crippen molar-refractivity contribution in [2.75, 3.05) is 6.61 Å². The van der Waals surface area contributed by atoms with Crippen LogP contribution in [0.1, 0.15) is 44.7 Å². The van der Waals surface area contributed by atoms with E-state index in [1.54, 1.807) is 11.8 Å². The van der Waals surface area contributed by atoms with E-state index in [1.165, 1.54) is 5.56 Å². The molecule has 1 N–H and O–H groups in total. The van der Waals surface area contributed by atoms with Gasteiger partial charge in [-0.05, 0) is 41.5 Å². The first-order chi connectivity index (χ1) is 14.9. The zero-order chi connectivity index (χ0) is 22.3. The van der Waals surface area contributed by atoms with Crippen molar-refractivity contribution in [2.45, 2.75) is 49.8 Å². The minimum absolute atomic E-state index is 0.0308. The fourth-order valence-electron chi connectivity index (χ4n) is 3.34. The quantitative estimate of drug-likeness (QED) is 0.355. The van der Waals surface area contributed by atoms with Crippen LogP contribution in [0.4, 0.5) is 0 Å². The molecule has 2 unspecified atom stereocenters. The summed E-state index contributed by atoms with van der Waals surface area (Å²) >= 11 is 7.72. The van der Waals surface area contributed by atoms with Crippen molar-refractivity contribution in [3.63, 3.8) is 0 Å². The molecule has 31 heavy (non-hydrogen) atoms. The summed E-state index contributed by atoms with van der Waals surface area (Å²) in [6.07, 6.45) is 2.64. The van der Waals surface area contributed by atoms with Crippen LogP contribution >= 0.6 is 23.4 Å². The van der Waals surface area contributed by atoms with Crippen LogP contribution in [0.2, 0.25) is 5.02 Å². The second-order valence-corrected chi connectivity index (χ2v) is 10.4. The van der Waals surface area contributed by atoms with Gasteiger partial charge in [-0.25, -0.2) is 4.98 Å². The Hall–Kier alpha value is -1.57. The van der Waals surface area contributed by atoms with Crippen molar-refractivity contribution in [3.8, 4) is 0 Å². The van der Waals surface area contributed by atoms with Gasteiger partial charge in [-0.3, -0.25) is 0 Å². The molecule has 0 amide bonds. The molecule has 2 atom stereocenters. The second kappa shape index (κ2) is 11.3. The van der Waals surface area contributed by atoms with Crippen molar-refractivity contribution < 1.29 is 9.16 Å². The number of imidazole rings is 1. The van der Waals surface area contributed by atoms with E-state index in [-0.39, 0.29) is 11.5 Å². The minimum atomic E-state index is -0.0758. The molecule has 166 valence electrons. The molecule has 1 aromatic heterocycles. The first kappa shape index (κ1) is 24.1. The Labute approximate surface area is 197 Å². The van der Waals surface area contributed by atoms with Crippen molar-refractivity contribution in [1.82, 2.24) is 9.97 Å². The molecule has 2 aromatic carbocycles. The highest BCUT2D eigenvalue weighted by molar-refractivity contribution is 7.99.